The van der Waals surface area contributed by atoms with Gasteiger partial charge >= 0.3 is 0 Å². The smallest absolute Gasteiger partial charge is 0.0919 e. The zero-order valence-corrected chi connectivity index (χ0v) is 12.8. The van der Waals surface area contributed by atoms with Gasteiger partial charge in [-0.1, -0.05) is 31.2 Å². The first-order chi connectivity index (χ1) is 9.04. The van der Waals surface area contributed by atoms with E-state index in [1.807, 2.05) is 18.2 Å². The van der Waals surface area contributed by atoms with Crippen LogP contribution < -0.4 is 0 Å². The van der Waals surface area contributed by atoms with Crippen molar-refractivity contribution in [1.82, 2.24) is 9.80 Å². The lowest BCUT2D eigenvalue weighted by molar-refractivity contribution is 0.108. The first kappa shape index (κ1) is 16.2. The second-order valence-electron chi connectivity index (χ2n) is 5.48. The van der Waals surface area contributed by atoms with Gasteiger partial charge in [-0.25, -0.2) is 0 Å². The predicted molar refractivity (Wildman–Crippen MR) is 81.4 cm³/mol. The topological polar surface area (TPSA) is 26.7 Å². The van der Waals surface area contributed by atoms with Gasteiger partial charge in [0.1, 0.15) is 0 Å². The SMILES string of the molecule is CCCN(CCN(C)C)CC(O)c1ccccc1C. The van der Waals surface area contributed by atoms with Gasteiger partial charge in [-0.3, -0.25) is 4.90 Å². The highest BCUT2D eigenvalue weighted by Gasteiger charge is 2.14. The maximum absolute atomic E-state index is 10.4. The highest BCUT2D eigenvalue weighted by molar-refractivity contribution is 5.27. The third kappa shape index (κ3) is 5.72. The average Bonchev–Trinajstić information content (AvgIpc) is 2.36. The number of hydrogen-bond donors (Lipinski definition) is 1. The number of rotatable bonds is 8. The van der Waals surface area contributed by atoms with E-state index in [1.165, 1.54) is 5.56 Å². The molecular weight excluding hydrogens is 236 g/mol. The van der Waals surface area contributed by atoms with Crippen LogP contribution in [0, 0.1) is 6.92 Å². The number of aliphatic hydroxyl groups excluding tert-OH is 1. The van der Waals surface area contributed by atoms with Crippen molar-refractivity contribution >= 4 is 0 Å². The minimum Gasteiger partial charge on any atom is -0.387 e. The molecule has 1 atom stereocenters. The zero-order chi connectivity index (χ0) is 14.3. The van der Waals surface area contributed by atoms with Crippen molar-refractivity contribution in [2.75, 3.05) is 40.3 Å². The molecule has 0 fully saturated rings. The van der Waals surface area contributed by atoms with E-state index in [9.17, 15) is 5.11 Å². The van der Waals surface area contributed by atoms with Crippen molar-refractivity contribution in [3.8, 4) is 0 Å². The molecule has 19 heavy (non-hydrogen) atoms. The second kappa shape index (κ2) is 8.31. The van der Waals surface area contributed by atoms with Crippen molar-refractivity contribution < 1.29 is 5.11 Å². The average molecular weight is 264 g/mol. The molecule has 0 amide bonds. The Balaban J connectivity index is 2.60. The van der Waals surface area contributed by atoms with Crippen LogP contribution in [0.15, 0.2) is 24.3 Å². The molecule has 1 N–H and O–H groups in total. The predicted octanol–water partition coefficient (Wildman–Crippen LogP) is 2.30. The molecule has 0 aromatic heterocycles. The fourth-order valence-corrected chi connectivity index (χ4v) is 2.26. The summed E-state index contributed by atoms with van der Waals surface area (Å²) in [4.78, 5) is 4.53. The molecule has 1 aromatic carbocycles. The summed E-state index contributed by atoms with van der Waals surface area (Å²) in [5.41, 5.74) is 2.22. The molecule has 0 bridgehead atoms. The minimum absolute atomic E-state index is 0.394. The van der Waals surface area contributed by atoms with E-state index < -0.39 is 6.10 Å². The fraction of sp³-hybridized carbons (Fsp3) is 0.625. The maximum Gasteiger partial charge on any atom is 0.0919 e. The molecule has 1 unspecified atom stereocenters. The first-order valence-corrected chi connectivity index (χ1v) is 7.15. The van der Waals surface area contributed by atoms with Crippen molar-refractivity contribution in [3.05, 3.63) is 35.4 Å². The lowest BCUT2D eigenvalue weighted by Crippen LogP contribution is -2.35. The van der Waals surface area contributed by atoms with Crippen LogP contribution in [0.5, 0.6) is 0 Å². The first-order valence-electron chi connectivity index (χ1n) is 7.15. The number of aryl methyl sites for hydroxylation is 1. The van der Waals surface area contributed by atoms with Gasteiger partial charge in [0.15, 0.2) is 0 Å². The maximum atomic E-state index is 10.4. The minimum atomic E-state index is -0.394. The molecular formula is C16H28N2O. The van der Waals surface area contributed by atoms with E-state index >= 15 is 0 Å². The number of hydrogen-bond acceptors (Lipinski definition) is 3. The van der Waals surface area contributed by atoms with Gasteiger partial charge in [-0.2, -0.15) is 0 Å². The molecule has 0 spiro atoms. The summed E-state index contributed by atoms with van der Waals surface area (Å²) in [6.07, 6.45) is 0.725. The van der Waals surface area contributed by atoms with Crippen LogP contribution in [0.4, 0.5) is 0 Å². The molecule has 0 aliphatic carbocycles. The van der Waals surface area contributed by atoms with Crippen LogP contribution in [0.2, 0.25) is 0 Å². The Morgan fingerprint density at radius 2 is 1.79 bits per heavy atom. The van der Waals surface area contributed by atoms with Crippen molar-refractivity contribution in [3.63, 3.8) is 0 Å². The Hall–Kier alpha value is -0.900. The van der Waals surface area contributed by atoms with Crippen LogP contribution in [0.1, 0.15) is 30.6 Å². The van der Waals surface area contributed by atoms with Crippen molar-refractivity contribution in [1.29, 1.82) is 0 Å². The van der Waals surface area contributed by atoms with Gasteiger partial charge in [-0.15, -0.1) is 0 Å². The molecule has 1 aromatic rings. The van der Waals surface area contributed by atoms with E-state index in [1.54, 1.807) is 0 Å². The number of aliphatic hydroxyl groups is 1. The molecule has 0 heterocycles. The van der Waals surface area contributed by atoms with Crippen LogP contribution in [0.3, 0.4) is 0 Å². The summed E-state index contributed by atoms with van der Waals surface area (Å²) < 4.78 is 0. The Labute approximate surface area is 117 Å². The lowest BCUT2D eigenvalue weighted by Gasteiger charge is -2.26. The standard InChI is InChI=1S/C16H28N2O/c1-5-10-18(12-11-17(3)4)13-16(19)15-9-7-6-8-14(15)2/h6-9,16,19H,5,10-13H2,1-4H3. The Kier molecular flexibility index (Phi) is 7.06. The van der Waals surface area contributed by atoms with Crippen LogP contribution in [-0.4, -0.2) is 55.2 Å². The summed E-state index contributed by atoms with van der Waals surface area (Å²) >= 11 is 0. The highest BCUT2D eigenvalue weighted by atomic mass is 16.3. The molecule has 0 radical (unpaired) electrons. The molecule has 0 saturated heterocycles. The lowest BCUT2D eigenvalue weighted by atomic mass is 10.0. The van der Waals surface area contributed by atoms with E-state index in [0.29, 0.717) is 6.54 Å². The highest BCUT2D eigenvalue weighted by Crippen LogP contribution is 2.18. The van der Waals surface area contributed by atoms with Gasteiger partial charge in [0.2, 0.25) is 0 Å². The van der Waals surface area contributed by atoms with Gasteiger partial charge < -0.3 is 10.0 Å². The molecule has 3 heteroatoms. The van der Waals surface area contributed by atoms with Crippen molar-refractivity contribution in [2.24, 2.45) is 0 Å². The fourth-order valence-electron chi connectivity index (χ4n) is 2.26. The Morgan fingerprint density at radius 3 is 2.37 bits per heavy atom. The normalized spacial score (nSPS) is 13.2. The zero-order valence-electron chi connectivity index (χ0n) is 12.8. The van der Waals surface area contributed by atoms with Gasteiger partial charge in [0.25, 0.3) is 0 Å². The molecule has 108 valence electrons. The van der Waals surface area contributed by atoms with Crippen LogP contribution >= 0.6 is 0 Å². The van der Waals surface area contributed by atoms with E-state index in [-0.39, 0.29) is 0 Å². The van der Waals surface area contributed by atoms with E-state index in [0.717, 1.165) is 31.6 Å². The van der Waals surface area contributed by atoms with Gasteiger partial charge in [0, 0.05) is 19.6 Å². The Morgan fingerprint density at radius 1 is 1.11 bits per heavy atom. The molecule has 0 saturated carbocycles. The summed E-state index contributed by atoms with van der Waals surface area (Å²) in [6, 6.07) is 8.09. The molecule has 3 nitrogen and oxygen atoms in total. The molecule has 0 aliphatic heterocycles. The third-order valence-corrected chi connectivity index (χ3v) is 3.38. The number of benzene rings is 1. The van der Waals surface area contributed by atoms with Crippen LogP contribution in [-0.2, 0) is 0 Å². The van der Waals surface area contributed by atoms with Gasteiger partial charge in [-0.05, 0) is 45.1 Å². The monoisotopic (exact) mass is 264 g/mol. The molecule has 1 rings (SSSR count). The third-order valence-electron chi connectivity index (χ3n) is 3.38. The summed E-state index contributed by atoms with van der Waals surface area (Å²) in [7, 11) is 4.17. The van der Waals surface area contributed by atoms with E-state index in [4.69, 9.17) is 0 Å². The number of likely N-dealkylation sites (N-methyl/N-ethyl adjacent to an activating group) is 1. The van der Waals surface area contributed by atoms with Crippen molar-refractivity contribution in [2.45, 2.75) is 26.4 Å². The second-order valence-corrected chi connectivity index (χ2v) is 5.48. The van der Waals surface area contributed by atoms with Crippen LogP contribution in [0.25, 0.3) is 0 Å². The summed E-state index contributed by atoms with van der Waals surface area (Å²) in [6.45, 7) is 8.03. The molecule has 0 aliphatic rings. The van der Waals surface area contributed by atoms with E-state index in [2.05, 4.69) is 43.8 Å². The quantitative estimate of drug-likeness (QED) is 0.780. The Bertz CT molecular complexity index is 366. The number of nitrogens with zero attached hydrogens (tertiary/aromatic N) is 2. The summed E-state index contributed by atoms with van der Waals surface area (Å²) in [5.74, 6) is 0. The van der Waals surface area contributed by atoms with Gasteiger partial charge in [0.05, 0.1) is 6.10 Å². The largest absolute Gasteiger partial charge is 0.387 e. The summed E-state index contributed by atoms with van der Waals surface area (Å²) in [5, 5.41) is 10.4.